The first-order valence-corrected chi connectivity index (χ1v) is 9.15. The second-order valence-electron chi connectivity index (χ2n) is 6.69. The van der Waals surface area contributed by atoms with E-state index in [0.717, 1.165) is 39.6 Å². The van der Waals surface area contributed by atoms with Crippen LogP contribution in [0.2, 0.25) is 0 Å². The molecule has 0 saturated carbocycles. The summed E-state index contributed by atoms with van der Waals surface area (Å²) in [4.78, 5) is 18.4. The number of aldehydes is 1. The van der Waals surface area contributed by atoms with Crippen LogP contribution in [0.5, 0.6) is 0 Å². The van der Waals surface area contributed by atoms with E-state index in [1.54, 1.807) is 18.5 Å². The Hall–Kier alpha value is -4.17. The van der Waals surface area contributed by atoms with Gasteiger partial charge in [0.05, 0.1) is 11.3 Å². The molecule has 4 rings (SSSR count). The predicted molar refractivity (Wildman–Crippen MR) is 116 cm³/mol. The van der Waals surface area contributed by atoms with E-state index in [2.05, 4.69) is 21.4 Å². The van der Waals surface area contributed by atoms with Crippen LogP contribution in [0.15, 0.2) is 61.1 Å². The van der Waals surface area contributed by atoms with Crippen LogP contribution in [0, 0.1) is 18.3 Å². The number of hydrogen-bond donors (Lipinski definition) is 2. The number of fused-ring (bicyclic) bond motifs is 1. The largest absolute Gasteiger partial charge is 0.361 e. The van der Waals surface area contributed by atoms with E-state index in [1.807, 2.05) is 61.7 Å². The van der Waals surface area contributed by atoms with Crippen molar-refractivity contribution in [2.75, 3.05) is 5.32 Å². The molecule has 0 unspecified atom stereocenters. The van der Waals surface area contributed by atoms with E-state index < -0.39 is 0 Å². The number of carbonyl (C=O) groups is 1. The van der Waals surface area contributed by atoms with Crippen molar-refractivity contribution in [1.29, 1.82) is 5.26 Å². The fourth-order valence-electron chi connectivity index (χ4n) is 3.30. The zero-order valence-electron chi connectivity index (χ0n) is 15.8. The van der Waals surface area contributed by atoms with Crippen LogP contribution < -0.4 is 5.32 Å². The number of rotatable bonds is 5. The third-order valence-corrected chi connectivity index (χ3v) is 4.86. The van der Waals surface area contributed by atoms with Gasteiger partial charge < -0.3 is 10.3 Å². The average molecular weight is 378 g/mol. The molecular formula is C24H18N4O. The Balaban J connectivity index is 1.74. The van der Waals surface area contributed by atoms with Gasteiger partial charge in [0.1, 0.15) is 12.4 Å². The van der Waals surface area contributed by atoms with E-state index in [-0.39, 0.29) is 0 Å². The molecule has 0 aliphatic rings. The molecular weight excluding hydrogens is 360 g/mol. The van der Waals surface area contributed by atoms with Crippen LogP contribution in [0.3, 0.4) is 0 Å². The number of carbonyl (C=O) groups excluding carboxylic acids is 1. The van der Waals surface area contributed by atoms with Crippen LogP contribution in [0.4, 0.5) is 11.4 Å². The minimum atomic E-state index is 0.461. The number of anilines is 2. The Morgan fingerprint density at radius 2 is 1.97 bits per heavy atom. The number of benzene rings is 2. The highest BCUT2D eigenvalue weighted by Gasteiger charge is 2.11. The van der Waals surface area contributed by atoms with Crippen molar-refractivity contribution in [2.45, 2.75) is 6.92 Å². The summed E-state index contributed by atoms with van der Waals surface area (Å²) >= 11 is 0. The number of H-pyrrole nitrogens is 1. The lowest BCUT2D eigenvalue weighted by Gasteiger charge is -2.14. The van der Waals surface area contributed by atoms with Gasteiger partial charge in [-0.25, -0.2) is 0 Å². The van der Waals surface area contributed by atoms with E-state index in [9.17, 15) is 10.1 Å². The molecule has 5 heteroatoms. The zero-order chi connectivity index (χ0) is 20.2. The summed E-state index contributed by atoms with van der Waals surface area (Å²) in [6.45, 7) is 2.05. The second-order valence-corrected chi connectivity index (χ2v) is 6.69. The average Bonchev–Trinajstić information content (AvgIpc) is 3.24. The molecule has 2 aromatic heterocycles. The minimum Gasteiger partial charge on any atom is -0.361 e. The van der Waals surface area contributed by atoms with Crippen molar-refractivity contribution in [3.63, 3.8) is 0 Å². The number of nitrogens with one attached hydrogen (secondary N) is 2. The molecule has 0 bridgehead atoms. The molecule has 0 aliphatic heterocycles. The number of aromatic amines is 1. The summed E-state index contributed by atoms with van der Waals surface area (Å²) in [6.07, 6.45) is 9.80. The van der Waals surface area contributed by atoms with Crippen molar-refractivity contribution in [1.82, 2.24) is 9.97 Å². The smallest absolute Gasteiger partial charge is 0.150 e. The Morgan fingerprint density at radius 3 is 2.79 bits per heavy atom. The monoisotopic (exact) mass is 378 g/mol. The molecule has 0 spiro atoms. The summed E-state index contributed by atoms with van der Waals surface area (Å²) in [5.41, 5.74) is 6.55. The summed E-state index contributed by atoms with van der Waals surface area (Å²) in [6, 6.07) is 15.6. The standard InChI is InChI=1S/C24H18N4O/c1-16-21-9-10-27-23(21)8-7-22(16)28-24-19(13-26-14-20(24)12-25)6-5-17-3-2-4-18(11-17)15-29/h2-11,13-15,27H,1H3,(H,26,28). The van der Waals surface area contributed by atoms with Crippen LogP contribution in [0.25, 0.3) is 23.1 Å². The van der Waals surface area contributed by atoms with Crippen LogP contribution in [0.1, 0.15) is 32.6 Å². The molecule has 0 amide bonds. The van der Waals surface area contributed by atoms with Gasteiger partial charge in [-0.15, -0.1) is 0 Å². The summed E-state index contributed by atoms with van der Waals surface area (Å²) < 4.78 is 0. The number of nitrogens with zero attached hydrogens (tertiary/aromatic N) is 2. The molecule has 0 atom stereocenters. The molecule has 0 radical (unpaired) electrons. The Kier molecular flexibility index (Phi) is 4.91. The zero-order valence-corrected chi connectivity index (χ0v) is 15.8. The fourth-order valence-corrected chi connectivity index (χ4v) is 3.30. The number of nitriles is 1. The number of aryl methyl sites for hydroxylation is 1. The first-order valence-electron chi connectivity index (χ1n) is 9.15. The molecule has 2 N–H and O–H groups in total. The number of aromatic nitrogens is 2. The summed E-state index contributed by atoms with van der Waals surface area (Å²) in [5, 5.41) is 14.1. The SMILES string of the molecule is Cc1c(Nc2c(C#N)cncc2C=Cc2cccc(C=O)c2)ccc2[nH]ccc12. The van der Waals surface area contributed by atoms with Crippen molar-refractivity contribution in [3.8, 4) is 6.07 Å². The third-order valence-electron chi connectivity index (χ3n) is 4.86. The van der Waals surface area contributed by atoms with E-state index >= 15 is 0 Å². The van der Waals surface area contributed by atoms with Crippen molar-refractivity contribution < 1.29 is 4.79 Å². The van der Waals surface area contributed by atoms with Crippen LogP contribution in [-0.2, 0) is 0 Å². The lowest BCUT2D eigenvalue weighted by atomic mass is 10.1. The topological polar surface area (TPSA) is 81.6 Å². The molecule has 0 aliphatic carbocycles. The normalized spacial score (nSPS) is 10.9. The summed E-state index contributed by atoms with van der Waals surface area (Å²) in [5.74, 6) is 0. The van der Waals surface area contributed by atoms with Gasteiger partial charge >= 0.3 is 0 Å². The maximum absolute atomic E-state index is 11.0. The third kappa shape index (κ3) is 3.64. The van der Waals surface area contributed by atoms with Gasteiger partial charge in [0, 0.05) is 46.3 Å². The number of pyridine rings is 1. The lowest BCUT2D eigenvalue weighted by molar-refractivity contribution is 0.112. The maximum Gasteiger partial charge on any atom is 0.150 e. The van der Waals surface area contributed by atoms with Crippen molar-refractivity contribution >= 4 is 40.7 Å². The van der Waals surface area contributed by atoms with Gasteiger partial charge in [0.15, 0.2) is 0 Å². The molecule has 2 aromatic carbocycles. The Morgan fingerprint density at radius 1 is 1.10 bits per heavy atom. The van der Waals surface area contributed by atoms with Crippen molar-refractivity contribution in [3.05, 3.63) is 88.9 Å². The van der Waals surface area contributed by atoms with Gasteiger partial charge in [-0.05, 0) is 42.3 Å². The van der Waals surface area contributed by atoms with E-state index in [4.69, 9.17) is 0 Å². The molecule has 2 heterocycles. The van der Waals surface area contributed by atoms with Crippen molar-refractivity contribution in [2.24, 2.45) is 0 Å². The van der Waals surface area contributed by atoms with Crippen LogP contribution >= 0.6 is 0 Å². The van der Waals surface area contributed by atoms with Gasteiger partial charge in [0.25, 0.3) is 0 Å². The van der Waals surface area contributed by atoms with E-state index in [1.165, 1.54) is 0 Å². The lowest BCUT2D eigenvalue weighted by Crippen LogP contribution is -1.99. The quantitative estimate of drug-likeness (QED) is 0.451. The summed E-state index contributed by atoms with van der Waals surface area (Å²) in [7, 11) is 0. The van der Waals surface area contributed by atoms with Crippen LogP contribution in [-0.4, -0.2) is 16.3 Å². The highest BCUT2D eigenvalue weighted by Crippen LogP contribution is 2.31. The second kappa shape index (κ2) is 7.83. The van der Waals surface area contributed by atoms with Gasteiger partial charge in [-0.1, -0.05) is 30.4 Å². The first kappa shape index (κ1) is 18.2. The van der Waals surface area contributed by atoms with E-state index in [0.29, 0.717) is 16.8 Å². The fraction of sp³-hybridized carbons (Fsp3) is 0.0417. The molecule has 4 aromatic rings. The molecule has 0 fully saturated rings. The maximum atomic E-state index is 11.0. The Bertz CT molecular complexity index is 1280. The van der Waals surface area contributed by atoms with Gasteiger partial charge in [0.2, 0.25) is 0 Å². The molecule has 5 nitrogen and oxygen atoms in total. The van der Waals surface area contributed by atoms with Gasteiger partial charge in [-0.3, -0.25) is 9.78 Å². The number of hydrogen-bond acceptors (Lipinski definition) is 4. The first-order chi connectivity index (χ1) is 14.2. The molecule has 0 saturated heterocycles. The van der Waals surface area contributed by atoms with Gasteiger partial charge in [-0.2, -0.15) is 5.26 Å². The highest BCUT2D eigenvalue weighted by atomic mass is 16.1. The molecule has 29 heavy (non-hydrogen) atoms. The predicted octanol–water partition coefficient (Wildman–Crippen LogP) is 5.47. The minimum absolute atomic E-state index is 0.461. The highest BCUT2D eigenvalue weighted by molar-refractivity contribution is 5.90. The Labute approximate surface area is 168 Å². The molecule has 140 valence electrons.